The molecule has 1 saturated carbocycles. The third-order valence-corrected chi connectivity index (χ3v) is 5.40. The van der Waals surface area contributed by atoms with Crippen molar-refractivity contribution in [2.75, 3.05) is 0 Å². The Balaban J connectivity index is 1.40. The molecule has 1 aliphatic carbocycles. The molecule has 2 aliphatic rings. The lowest BCUT2D eigenvalue weighted by atomic mass is 9.88. The Labute approximate surface area is 153 Å². The molecule has 2 aromatic rings. The van der Waals surface area contributed by atoms with E-state index in [2.05, 4.69) is 0 Å². The Kier molecular flexibility index (Phi) is 4.49. The predicted molar refractivity (Wildman–Crippen MR) is 96.9 cm³/mol. The molecule has 2 aromatic carbocycles. The van der Waals surface area contributed by atoms with Crippen LogP contribution in [-0.2, 0) is 16.1 Å². The first kappa shape index (κ1) is 16.8. The van der Waals surface area contributed by atoms with Crippen LogP contribution in [0.4, 0.5) is 0 Å². The zero-order valence-corrected chi connectivity index (χ0v) is 14.6. The number of carbonyl (C=O) groups excluding carboxylic acids is 2. The second kappa shape index (κ2) is 6.94. The van der Waals surface area contributed by atoms with E-state index in [-0.39, 0.29) is 17.4 Å². The van der Waals surface area contributed by atoms with Gasteiger partial charge in [0.1, 0.15) is 23.9 Å². The number of hydrogen-bond donors (Lipinski definition) is 0. The number of hydrogen-bond acceptors (Lipinski definition) is 4. The van der Waals surface area contributed by atoms with Crippen LogP contribution in [0.3, 0.4) is 0 Å². The Morgan fingerprint density at radius 1 is 1.04 bits per heavy atom. The largest absolute Gasteiger partial charge is 0.489 e. The number of rotatable bonds is 5. The Hall–Kier alpha value is -2.62. The van der Waals surface area contributed by atoms with Crippen LogP contribution in [0, 0.1) is 5.92 Å². The summed E-state index contributed by atoms with van der Waals surface area (Å²) >= 11 is 0. The van der Waals surface area contributed by atoms with E-state index in [1.807, 2.05) is 30.3 Å². The van der Waals surface area contributed by atoms with Gasteiger partial charge in [-0.2, -0.15) is 0 Å². The summed E-state index contributed by atoms with van der Waals surface area (Å²) in [5, 5.41) is 0. The number of benzene rings is 2. The predicted octanol–water partition coefficient (Wildman–Crippen LogP) is 4.32. The van der Waals surface area contributed by atoms with Gasteiger partial charge < -0.3 is 9.47 Å². The zero-order valence-electron chi connectivity index (χ0n) is 14.6. The van der Waals surface area contributed by atoms with Gasteiger partial charge in [0.15, 0.2) is 5.78 Å². The molecule has 1 saturated heterocycles. The summed E-state index contributed by atoms with van der Waals surface area (Å²) in [5.41, 5.74) is 1.24. The Morgan fingerprint density at radius 3 is 2.42 bits per heavy atom. The fourth-order valence-electron chi connectivity index (χ4n) is 3.96. The second-order valence-electron chi connectivity index (χ2n) is 7.23. The van der Waals surface area contributed by atoms with Crippen molar-refractivity contribution in [2.45, 2.75) is 44.3 Å². The molecule has 0 bridgehead atoms. The van der Waals surface area contributed by atoms with Gasteiger partial charge >= 0.3 is 5.97 Å². The van der Waals surface area contributed by atoms with Crippen molar-refractivity contribution in [1.29, 1.82) is 0 Å². The lowest BCUT2D eigenvalue weighted by Crippen LogP contribution is -2.23. The van der Waals surface area contributed by atoms with Crippen LogP contribution in [0.1, 0.15) is 48.0 Å². The molecule has 1 aliphatic heterocycles. The molecular weight excluding hydrogens is 328 g/mol. The number of carbonyl (C=O) groups is 2. The van der Waals surface area contributed by atoms with Gasteiger partial charge in [0.05, 0.1) is 0 Å². The fourth-order valence-corrected chi connectivity index (χ4v) is 3.96. The van der Waals surface area contributed by atoms with E-state index in [0.717, 1.165) is 31.2 Å². The summed E-state index contributed by atoms with van der Waals surface area (Å²) in [4.78, 5) is 25.0. The van der Waals surface area contributed by atoms with Gasteiger partial charge in [0, 0.05) is 12.0 Å². The summed E-state index contributed by atoms with van der Waals surface area (Å²) in [7, 11) is 0. The average molecular weight is 350 g/mol. The molecular formula is C22H22O4. The molecule has 2 fully saturated rings. The number of ketones is 1. The van der Waals surface area contributed by atoms with Gasteiger partial charge in [-0.3, -0.25) is 9.59 Å². The topological polar surface area (TPSA) is 52.6 Å². The van der Waals surface area contributed by atoms with E-state index in [9.17, 15) is 9.59 Å². The summed E-state index contributed by atoms with van der Waals surface area (Å²) in [6, 6.07) is 16.9. The van der Waals surface area contributed by atoms with Crippen LogP contribution >= 0.6 is 0 Å². The van der Waals surface area contributed by atoms with E-state index in [0.29, 0.717) is 24.3 Å². The fraction of sp³-hybridized carbons (Fsp3) is 0.364. The molecule has 1 atom stereocenters. The van der Waals surface area contributed by atoms with E-state index < -0.39 is 5.92 Å². The normalized spacial score (nSPS) is 20.9. The molecule has 134 valence electrons. The first-order valence-corrected chi connectivity index (χ1v) is 9.19. The molecule has 0 amide bonds. The first-order valence-electron chi connectivity index (χ1n) is 9.19. The molecule has 4 rings (SSSR count). The maximum atomic E-state index is 12.7. The van der Waals surface area contributed by atoms with Gasteiger partial charge in [0.25, 0.3) is 0 Å². The molecule has 4 heteroatoms. The van der Waals surface area contributed by atoms with Gasteiger partial charge in [-0.15, -0.1) is 0 Å². The maximum Gasteiger partial charge on any atom is 0.317 e. The van der Waals surface area contributed by atoms with Crippen molar-refractivity contribution in [3.8, 4) is 5.75 Å². The summed E-state index contributed by atoms with van der Waals surface area (Å²) in [6.07, 6.45) is 4.43. The van der Waals surface area contributed by atoms with Crippen molar-refractivity contribution in [1.82, 2.24) is 0 Å². The monoisotopic (exact) mass is 350 g/mol. The summed E-state index contributed by atoms with van der Waals surface area (Å²) in [6.45, 7) is 0.478. The second-order valence-corrected chi connectivity index (χ2v) is 7.23. The van der Waals surface area contributed by atoms with Crippen LogP contribution in [0.15, 0.2) is 54.6 Å². The lowest BCUT2D eigenvalue weighted by Gasteiger charge is -2.20. The van der Waals surface area contributed by atoms with Crippen molar-refractivity contribution >= 4 is 11.8 Å². The first-order chi connectivity index (χ1) is 12.7. The minimum Gasteiger partial charge on any atom is -0.489 e. The highest BCUT2D eigenvalue weighted by Crippen LogP contribution is 2.44. The van der Waals surface area contributed by atoms with E-state index in [4.69, 9.17) is 9.47 Å². The highest BCUT2D eigenvalue weighted by atomic mass is 16.6. The Morgan fingerprint density at radius 2 is 1.73 bits per heavy atom. The van der Waals surface area contributed by atoms with Gasteiger partial charge in [-0.25, -0.2) is 0 Å². The molecule has 26 heavy (non-hydrogen) atoms. The van der Waals surface area contributed by atoms with Crippen molar-refractivity contribution < 1.29 is 19.1 Å². The van der Waals surface area contributed by atoms with E-state index in [1.54, 1.807) is 24.3 Å². The van der Waals surface area contributed by atoms with Crippen molar-refractivity contribution in [2.24, 2.45) is 5.92 Å². The molecule has 0 aromatic heterocycles. The third-order valence-electron chi connectivity index (χ3n) is 5.40. The number of esters is 1. The van der Waals surface area contributed by atoms with Crippen LogP contribution in [-0.4, -0.2) is 17.4 Å². The standard InChI is InChI=1S/C22H22O4/c23-20(19-14-22(26-21(19)24)12-4-5-13-22)17-8-10-18(11-9-17)25-15-16-6-2-1-3-7-16/h1-3,6-11,19H,4-5,12-15H2/t19-/m0/s1. The highest BCUT2D eigenvalue weighted by molar-refractivity contribution is 6.09. The van der Waals surface area contributed by atoms with E-state index >= 15 is 0 Å². The quantitative estimate of drug-likeness (QED) is 0.458. The summed E-state index contributed by atoms with van der Waals surface area (Å²) < 4.78 is 11.3. The Bertz CT molecular complexity index is 789. The molecule has 0 unspecified atom stereocenters. The maximum absolute atomic E-state index is 12.7. The SMILES string of the molecule is O=C1OC2(CCCC2)C[C@H]1C(=O)c1ccc(OCc2ccccc2)cc1. The zero-order chi connectivity index (χ0) is 18.0. The van der Waals surface area contributed by atoms with Crippen LogP contribution < -0.4 is 4.74 Å². The minimum atomic E-state index is -0.663. The van der Waals surface area contributed by atoms with Gasteiger partial charge in [-0.1, -0.05) is 30.3 Å². The smallest absolute Gasteiger partial charge is 0.317 e. The van der Waals surface area contributed by atoms with Gasteiger partial charge in [-0.05, 0) is 55.5 Å². The van der Waals surface area contributed by atoms with Crippen molar-refractivity contribution in [3.05, 3.63) is 65.7 Å². The van der Waals surface area contributed by atoms with Crippen LogP contribution in [0.2, 0.25) is 0 Å². The van der Waals surface area contributed by atoms with Crippen LogP contribution in [0.25, 0.3) is 0 Å². The van der Waals surface area contributed by atoms with Gasteiger partial charge in [0.2, 0.25) is 0 Å². The molecule has 1 spiro atoms. The molecule has 0 N–H and O–H groups in total. The molecule has 1 heterocycles. The number of ether oxygens (including phenoxy) is 2. The van der Waals surface area contributed by atoms with Crippen molar-refractivity contribution in [3.63, 3.8) is 0 Å². The third kappa shape index (κ3) is 3.36. The lowest BCUT2D eigenvalue weighted by molar-refractivity contribution is -0.149. The van der Waals surface area contributed by atoms with Crippen LogP contribution in [0.5, 0.6) is 5.75 Å². The van der Waals surface area contributed by atoms with E-state index in [1.165, 1.54) is 0 Å². The molecule has 0 radical (unpaired) electrons. The minimum absolute atomic E-state index is 0.145. The summed E-state index contributed by atoms with van der Waals surface area (Å²) in [5.74, 6) is -0.467. The highest BCUT2D eigenvalue weighted by Gasteiger charge is 2.50. The number of Topliss-reactive ketones (excluding diaryl/α,β-unsaturated/α-hetero) is 1. The average Bonchev–Trinajstić information content (AvgIpc) is 3.27. The molecule has 4 nitrogen and oxygen atoms in total.